The van der Waals surface area contributed by atoms with E-state index in [0.717, 1.165) is 28.0 Å². The molecule has 1 aromatic carbocycles. The van der Waals surface area contributed by atoms with Crippen molar-refractivity contribution in [1.29, 1.82) is 0 Å². The summed E-state index contributed by atoms with van der Waals surface area (Å²) >= 11 is 1.12. The summed E-state index contributed by atoms with van der Waals surface area (Å²) in [5, 5.41) is 10.2. The maximum Gasteiger partial charge on any atom is 0.354 e. The molecule has 0 unspecified atom stereocenters. The minimum absolute atomic E-state index is 0.0171. The maximum atomic E-state index is 11.0. The van der Waals surface area contributed by atoms with Crippen molar-refractivity contribution in [2.75, 3.05) is 5.73 Å². The largest absolute Gasteiger partial charge is 0.477 e. The molecule has 0 radical (unpaired) electrons. The highest BCUT2D eigenvalue weighted by molar-refractivity contribution is 7.09. The molecular weight excluding hydrogens is 276 g/mol. The number of nitrogens with zero attached hydrogens (tertiary/aromatic N) is 3. The zero-order valence-electron chi connectivity index (χ0n) is 10.5. The van der Waals surface area contributed by atoms with E-state index < -0.39 is 5.97 Å². The number of hydrogen-bond acceptors (Lipinski definition) is 6. The molecule has 0 saturated carbocycles. The molecule has 0 aliphatic heterocycles. The van der Waals surface area contributed by atoms with E-state index in [1.54, 1.807) is 6.07 Å². The van der Waals surface area contributed by atoms with E-state index in [2.05, 4.69) is 14.3 Å². The summed E-state index contributed by atoms with van der Waals surface area (Å²) in [5.41, 5.74) is 7.95. The predicted octanol–water partition coefficient (Wildman–Crippen LogP) is 2.34. The first-order valence-corrected chi connectivity index (χ1v) is 6.57. The van der Waals surface area contributed by atoms with E-state index in [0.29, 0.717) is 16.5 Å². The number of pyridine rings is 1. The Hall–Kier alpha value is -2.54. The van der Waals surface area contributed by atoms with E-state index in [-0.39, 0.29) is 5.69 Å². The van der Waals surface area contributed by atoms with Crippen molar-refractivity contribution in [2.45, 2.75) is 6.92 Å². The molecule has 0 saturated heterocycles. The lowest BCUT2D eigenvalue weighted by Crippen LogP contribution is -2.01. The van der Waals surface area contributed by atoms with E-state index in [9.17, 15) is 4.79 Å². The van der Waals surface area contributed by atoms with Crippen LogP contribution >= 0.6 is 11.5 Å². The van der Waals surface area contributed by atoms with Gasteiger partial charge in [-0.25, -0.2) is 9.78 Å². The fourth-order valence-corrected chi connectivity index (χ4v) is 2.46. The molecule has 6 nitrogen and oxygen atoms in total. The van der Waals surface area contributed by atoms with E-state index in [1.807, 2.05) is 19.1 Å². The summed E-state index contributed by atoms with van der Waals surface area (Å²) in [4.78, 5) is 19.4. The summed E-state index contributed by atoms with van der Waals surface area (Å²) in [7, 11) is 0. The van der Waals surface area contributed by atoms with Crippen LogP contribution in [0, 0.1) is 6.92 Å². The van der Waals surface area contributed by atoms with Crippen LogP contribution in [0.25, 0.3) is 22.3 Å². The highest BCUT2D eigenvalue weighted by atomic mass is 32.1. The van der Waals surface area contributed by atoms with Crippen LogP contribution in [0.3, 0.4) is 0 Å². The molecule has 100 valence electrons. The van der Waals surface area contributed by atoms with Gasteiger partial charge in [0, 0.05) is 22.5 Å². The third kappa shape index (κ3) is 1.97. The van der Waals surface area contributed by atoms with Crippen molar-refractivity contribution >= 4 is 33.5 Å². The number of rotatable bonds is 2. The Kier molecular flexibility index (Phi) is 2.83. The van der Waals surface area contributed by atoms with E-state index >= 15 is 0 Å². The minimum atomic E-state index is -1.05. The number of aromatic carboxylic acids is 1. The number of carboxylic acid groups (broad SMARTS) is 1. The zero-order chi connectivity index (χ0) is 14.3. The summed E-state index contributed by atoms with van der Waals surface area (Å²) in [6.07, 6.45) is 0. The Morgan fingerprint density at radius 2 is 2.05 bits per heavy atom. The quantitative estimate of drug-likeness (QED) is 0.749. The second-order valence-corrected chi connectivity index (χ2v) is 5.07. The van der Waals surface area contributed by atoms with Crippen LogP contribution in [-0.4, -0.2) is 25.4 Å². The number of nitrogen functional groups attached to an aromatic ring is 1. The van der Waals surface area contributed by atoms with Crippen molar-refractivity contribution in [3.8, 4) is 11.4 Å². The maximum absolute atomic E-state index is 11.0. The SMILES string of the molecule is Cc1ccc(-c2nsc(N)n2)c2ccc(C(=O)O)nc12. The van der Waals surface area contributed by atoms with Crippen molar-refractivity contribution in [3.05, 3.63) is 35.5 Å². The number of fused-ring (bicyclic) bond motifs is 1. The van der Waals surface area contributed by atoms with Crippen LogP contribution in [-0.2, 0) is 0 Å². The van der Waals surface area contributed by atoms with Gasteiger partial charge in [-0.15, -0.1) is 0 Å². The molecule has 0 fully saturated rings. The second kappa shape index (κ2) is 4.53. The highest BCUT2D eigenvalue weighted by Crippen LogP contribution is 2.29. The van der Waals surface area contributed by atoms with Gasteiger partial charge in [0.1, 0.15) is 5.69 Å². The molecule has 20 heavy (non-hydrogen) atoms. The van der Waals surface area contributed by atoms with Gasteiger partial charge in [-0.2, -0.15) is 9.36 Å². The molecule has 3 rings (SSSR count). The number of nitrogens with two attached hydrogens (primary N) is 1. The first kappa shape index (κ1) is 12.5. The molecule has 7 heteroatoms. The van der Waals surface area contributed by atoms with Gasteiger partial charge in [0.15, 0.2) is 11.0 Å². The van der Waals surface area contributed by atoms with E-state index in [4.69, 9.17) is 10.8 Å². The summed E-state index contributed by atoms with van der Waals surface area (Å²) in [6, 6.07) is 6.96. The van der Waals surface area contributed by atoms with Gasteiger partial charge in [-0.05, 0) is 24.6 Å². The molecule has 2 aromatic heterocycles. The van der Waals surface area contributed by atoms with Gasteiger partial charge < -0.3 is 10.8 Å². The van der Waals surface area contributed by atoms with Gasteiger partial charge in [0.25, 0.3) is 0 Å². The first-order chi connectivity index (χ1) is 9.56. The van der Waals surface area contributed by atoms with Crippen LogP contribution < -0.4 is 5.73 Å². The molecule has 3 aromatic rings. The Morgan fingerprint density at radius 3 is 2.70 bits per heavy atom. The fraction of sp³-hybridized carbons (Fsp3) is 0.0769. The highest BCUT2D eigenvalue weighted by Gasteiger charge is 2.13. The number of benzene rings is 1. The average molecular weight is 286 g/mol. The smallest absolute Gasteiger partial charge is 0.354 e. The average Bonchev–Trinajstić information content (AvgIpc) is 2.85. The molecule has 0 spiro atoms. The lowest BCUT2D eigenvalue weighted by molar-refractivity contribution is 0.0691. The minimum Gasteiger partial charge on any atom is -0.477 e. The zero-order valence-corrected chi connectivity index (χ0v) is 11.3. The van der Waals surface area contributed by atoms with Crippen LogP contribution in [0.1, 0.15) is 16.1 Å². The van der Waals surface area contributed by atoms with Gasteiger partial charge in [-0.3, -0.25) is 0 Å². The number of aryl methyl sites for hydroxylation is 1. The lowest BCUT2D eigenvalue weighted by atomic mass is 10.0. The number of hydrogen-bond donors (Lipinski definition) is 2. The van der Waals surface area contributed by atoms with Crippen molar-refractivity contribution in [2.24, 2.45) is 0 Å². The third-order valence-corrected chi connectivity index (χ3v) is 3.50. The molecule has 0 aliphatic carbocycles. The predicted molar refractivity (Wildman–Crippen MR) is 76.8 cm³/mol. The Bertz CT molecular complexity index is 828. The van der Waals surface area contributed by atoms with Gasteiger partial charge in [0.05, 0.1) is 5.52 Å². The molecule has 0 bridgehead atoms. The molecule has 0 amide bonds. The van der Waals surface area contributed by atoms with Gasteiger partial charge >= 0.3 is 5.97 Å². The van der Waals surface area contributed by atoms with Crippen molar-refractivity contribution < 1.29 is 9.90 Å². The Labute approximate surface area is 118 Å². The topological polar surface area (TPSA) is 102 Å². The van der Waals surface area contributed by atoms with Crippen LogP contribution in [0.2, 0.25) is 0 Å². The Morgan fingerprint density at radius 1 is 1.25 bits per heavy atom. The molecule has 0 aliphatic rings. The molecule has 2 heterocycles. The second-order valence-electron chi connectivity index (χ2n) is 4.28. The molecule has 0 atom stereocenters. The molecule has 3 N–H and O–H groups in total. The van der Waals surface area contributed by atoms with Gasteiger partial charge in [0.2, 0.25) is 0 Å². The first-order valence-electron chi connectivity index (χ1n) is 5.79. The van der Waals surface area contributed by atoms with Gasteiger partial charge in [-0.1, -0.05) is 12.1 Å². The number of carbonyl (C=O) groups is 1. The van der Waals surface area contributed by atoms with E-state index in [1.165, 1.54) is 6.07 Å². The normalized spacial score (nSPS) is 10.8. The third-order valence-electron chi connectivity index (χ3n) is 2.96. The number of carboxylic acids is 1. The van der Waals surface area contributed by atoms with Crippen LogP contribution in [0.4, 0.5) is 5.13 Å². The standard InChI is InChI=1S/C13H10N4O2S/c1-6-2-3-8(11-16-13(14)20-17-11)7-4-5-9(12(18)19)15-10(6)7/h2-5H,1H3,(H,18,19)(H2,14,16,17). The van der Waals surface area contributed by atoms with Crippen LogP contribution in [0.5, 0.6) is 0 Å². The van der Waals surface area contributed by atoms with Crippen LogP contribution in [0.15, 0.2) is 24.3 Å². The summed E-state index contributed by atoms with van der Waals surface area (Å²) in [5.74, 6) is -0.518. The molecular formula is C13H10N4O2S. The number of anilines is 1. The lowest BCUT2D eigenvalue weighted by Gasteiger charge is -2.06. The monoisotopic (exact) mass is 286 g/mol. The van der Waals surface area contributed by atoms with Crippen molar-refractivity contribution in [1.82, 2.24) is 14.3 Å². The Balaban J connectivity index is 2.30. The fourth-order valence-electron chi connectivity index (χ4n) is 2.01. The summed E-state index contributed by atoms with van der Waals surface area (Å²) in [6.45, 7) is 1.88. The van der Waals surface area contributed by atoms with Crippen molar-refractivity contribution in [3.63, 3.8) is 0 Å². The summed E-state index contributed by atoms with van der Waals surface area (Å²) < 4.78 is 4.18. The number of aromatic nitrogens is 3.